The van der Waals surface area contributed by atoms with Crippen LogP contribution in [0.2, 0.25) is 0 Å². The van der Waals surface area contributed by atoms with E-state index < -0.39 is 0 Å². The van der Waals surface area contributed by atoms with Crippen LogP contribution in [0.1, 0.15) is 0 Å². The molecule has 0 saturated heterocycles. The Morgan fingerprint density at radius 1 is 1.50 bits per heavy atom. The predicted molar refractivity (Wildman–Crippen MR) is 46.0 cm³/mol. The standard InChI is InChI=1S/C8H12N2O2/c1-11-5-6-12-8-7(9)3-2-4-10-8/h2-4H,5-6,9H2,1H3. The summed E-state index contributed by atoms with van der Waals surface area (Å²) in [6.07, 6.45) is 1.64. The van der Waals surface area contributed by atoms with Crippen LogP contribution in [0.4, 0.5) is 5.69 Å². The highest BCUT2D eigenvalue weighted by molar-refractivity contribution is 5.46. The molecule has 0 amide bonds. The number of nitrogens with zero attached hydrogens (tertiary/aromatic N) is 1. The molecule has 12 heavy (non-hydrogen) atoms. The van der Waals surface area contributed by atoms with Gasteiger partial charge in [0.15, 0.2) is 0 Å². The Bertz CT molecular complexity index is 240. The largest absolute Gasteiger partial charge is 0.474 e. The van der Waals surface area contributed by atoms with Crippen LogP contribution in [0.15, 0.2) is 18.3 Å². The number of nitrogen functional groups attached to an aromatic ring is 1. The fourth-order valence-corrected chi connectivity index (χ4v) is 0.746. The van der Waals surface area contributed by atoms with Crippen LogP contribution >= 0.6 is 0 Å². The molecule has 2 N–H and O–H groups in total. The van der Waals surface area contributed by atoms with Crippen molar-refractivity contribution in [2.45, 2.75) is 0 Å². The quantitative estimate of drug-likeness (QED) is 0.672. The lowest BCUT2D eigenvalue weighted by molar-refractivity contribution is 0.144. The minimum atomic E-state index is 0.467. The Morgan fingerprint density at radius 2 is 2.33 bits per heavy atom. The van der Waals surface area contributed by atoms with Crippen molar-refractivity contribution in [2.75, 3.05) is 26.1 Å². The molecule has 0 atom stereocenters. The van der Waals surface area contributed by atoms with Gasteiger partial charge in [-0.2, -0.15) is 0 Å². The van der Waals surface area contributed by atoms with E-state index in [-0.39, 0.29) is 0 Å². The van der Waals surface area contributed by atoms with Crippen molar-refractivity contribution >= 4 is 5.69 Å². The van der Waals surface area contributed by atoms with E-state index in [2.05, 4.69) is 4.98 Å². The lowest BCUT2D eigenvalue weighted by atomic mass is 10.4. The van der Waals surface area contributed by atoms with Crippen molar-refractivity contribution in [3.8, 4) is 5.88 Å². The van der Waals surface area contributed by atoms with Crippen LogP contribution in [0, 0.1) is 0 Å². The van der Waals surface area contributed by atoms with Crippen LogP contribution in [-0.4, -0.2) is 25.3 Å². The summed E-state index contributed by atoms with van der Waals surface area (Å²) in [5, 5.41) is 0. The molecule has 0 radical (unpaired) electrons. The number of anilines is 1. The molecule has 4 heteroatoms. The van der Waals surface area contributed by atoms with Crippen LogP contribution < -0.4 is 10.5 Å². The van der Waals surface area contributed by atoms with Gasteiger partial charge in [-0.15, -0.1) is 0 Å². The predicted octanol–water partition coefficient (Wildman–Crippen LogP) is 0.689. The summed E-state index contributed by atoms with van der Waals surface area (Å²) >= 11 is 0. The summed E-state index contributed by atoms with van der Waals surface area (Å²) in [7, 11) is 1.62. The maximum absolute atomic E-state index is 5.57. The zero-order chi connectivity index (χ0) is 8.81. The third kappa shape index (κ3) is 2.39. The molecule has 0 unspecified atom stereocenters. The molecule has 66 valence electrons. The van der Waals surface area contributed by atoms with Gasteiger partial charge in [0.25, 0.3) is 0 Å². The first-order chi connectivity index (χ1) is 5.84. The Labute approximate surface area is 71.3 Å². The van der Waals surface area contributed by atoms with Crippen LogP contribution in [0.25, 0.3) is 0 Å². The van der Waals surface area contributed by atoms with Gasteiger partial charge < -0.3 is 15.2 Å². The average Bonchev–Trinajstić information content (AvgIpc) is 2.09. The van der Waals surface area contributed by atoms with Crippen LogP contribution in [0.3, 0.4) is 0 Å². The van der Waals surface area contributed by atoms with Gasteiger partial charge in [-0.05, 0) is 12.1 Å². The third-order valence-electron chi connectivity index (χ3n) is 1.33. The number of rotatable bonds is 4. The molecular formula is C8H12N2O2. The molecule has 1 aromatic rings. The Kier molecular flexibility index (Phi) is 3.35. The molecule has 1 heterocycles. The number of aromatic nitrogens is 1. The molecule has 0 spiro atoms. The maximum Gasteiger partial charge on any atom is 0.237 e. The van der Waals surface area contributed by atoms with Gasteiger partial charge in [-0.3, -0.25) is 0 Å². The SMILES string of the molecule is COCCOc1ncccc1N. The molecule has 0 aliphatic carbocycles. The van der Waals surface area contributed by atoms with Gasteiger partial charge >= 0.3 is 0 Å². The fraction of sp³-hybridized carbons (Fsp3) is 0.375. The monoisotopic (exact) mass is 168 g/mol. The lowest BCUT2D eigenvalue weighted by Gasteiger charge is -2.05. The van der Waals surface area contributed by atoms with E-state index in [9.17, 15) is 0 Å². The summed E-state index contributed by atoms with van der Waals surface area (Å²) < 4.78 is 10.0. The number of hydrogen-bond acceptors (Lipinski definition) is 4. The molecular weight excluding hydrogens is 156 g/mol. The lowest BCUT2D eigenvalue weighted by Crippen LogP contribution is -2.06. The van der Waals surface area contributed by atoms with Crippen LogP contribution in [0.5, 0.6) is 5.88 Å². The zero-order valence-electron chi connectivity index (χ0n) is 6.99. The average molecular weight is 168 g/mol. The highest BCUT2D eigenvalue weighted by atomic mass is 16.5. The molecule has 1 rings (SSSR count). The first kappa shape index (κ1) is 8.80. The summed E-state index contributed by atoms with van der Waals surface area (Å²) in [6, 6.07) is 3.51. The van der Waals surface area contributed by atoms with Gasteiger partial charge in [-0.25, -0.2) is 4.98 Å². The second-order valence-corrected chi connectivity index (χ2v) is 2.24. The van der Waals surface area contributed by atoms with Crippen molar-refractivity contribution < 1.29 is 9.47 Å². The van der Waals surface area contributed by atoms with E-state index in [1.54, 1.807) is 25.4 Å². The third-order valence-corrected chi connectivity index (χ3v) is 1.33. The fourth-order valence-electron chi connectivity index (χ4n) is 0.746. The number of nitrogens with two attached hydrogens (primary N) is 1. The van der Waals surface area contributed by atoms with E-state index in [0.717, 1.165) is 0 Å². The van der Waals surface area contributed by atoms with Gasteiger partial charge in [0.1, 0.15) is 6.61 Å². The molecule has 0 aliphatic rings. The highest BCUT2D eigenvalue weighted by Gasteiger charge is 1.98. The van der Waals surface area contributed by atoms with Crippen molar-refractivity contribution in [3.05, 3.63) is 18.3 Å². The van der Waals surface area contributed by atoms with E-state index >= 15 is 0 Å². The smallest absolute Gasteiger partial charge is 0.237 e. The van der Waals surface area contributed by atoms with Gasteiger partial charge in [0.05, 0.1) is 12.3 Å². The van der Waals surface area contributed by atoms with Gasteiger partial charge in [0.2, 0.25) is 5.88 Å². The number of hydrogen-bond donors (Lipinski definition) is 1. The summed E-state index contributed by atoms with van der Waals surface area (Å²) in [5.74, 6) is 0.467. The Balaban J connectivity index is 2.46. The van der Waals surface area contributed by atoms with Crippen molar-refractivity contribution in [3.63, 3.8) is 0 Å². The summed E-state index contributed by atoms with van der Waals surface area (Å²) in [4.78, 5) is 3.95. The molecule has 0 fully saturated rings. The van der Waals surface area contributed by atoms with E-state index in [0.29, 0.717) is 24.8 Å². The Hall–Kier alpha value is -1.29. The van der Waals surface area contributed by atoms with E-state index in [1.165, 1.54) is 0 Å². The molecule has 0 bridgehead atoms. The first-order valence-corrected chi connectivity index (χ1v) is 3.67. The normalized spacial score (nSPS) is 9.75. The zero-order valence-corrected chi connectivity index (χ0v) is 6.99. The summed E-state index contributed by atoms with van der Waals surface area (Å²) in [5.41, 5.74) is 6.12. The van der Waals surface area contributed by atoms with Crippen molar-refractivity contribution in [1.29, 1.82) is 0 Å². The van der Waals surface area contributed by atoms with Gasteiger partial charge in [-0.1, -0.05) is 0 Å². The first-order valence-electron chi connectivity index (χ1n) is 3.67. The highest BCUT2D eigenvalue weighted by Crippen LogP contribution is 2.15. The minimum Gasteiger partial charge on any atom is -0.474 e. The second-order valence-electron chi connectivity index (χ2n) is 2.24. The van der Waals surface area contributed by atoms with E-state index in [4.69, 9.17) is 15.2 Å². The molecule has 0 aromatic carbocycles. The van der Waals surface area contributed by atoms with Crippen molar-refractivity contribution in [1.82, 2.24) is 4.98 Å². The van der Waals surface area contributed by atoms with E-state index in [1.807, 2.05) is 0 Å². The van der Waals surface area contributed by atoms with Crippen LogP contribution in [-0.2, 0) is 4.74 Å². The molecule has 0 aliphatic heterocycles. The summed E-state index contributed by atoms with van der Waals surface area (Å²) in [6.45, 7) is 1.01. The molecule has 1 aromatic heterocycles. The maximum atomic E-state index is 5.57. The van der Waals surface area contributed by atoms with Crippen molar-refractivity contribution in [2.24, 2.45) is 0 Å². The Morgan fingerprint density at radius 3 is 3.00 bits per heavy atom. The molecule has 4 nitrogen and oxygen atoms in total. The number of pyridine rings is 1. The minimum absolute atomic E-state index is 0.467. The topological polar surface area (TPSA) is 57.4 Å². The number of methoxy groups -OCH3 is 1. The molecule has 0 saturated carbocycles. The number of ether oxygens (including phenoxy) is 2. The van der Waals surface area contributed by atoms with Gasteiger partial charge in [0, 0.05) is 13.3 Å². The second kappa shape index (κ2) is 4.56.